The van der Waals surface area contributed by atoms with E-state index in [0.29, 0.717) is 6.04 Å². The molecule has 0 spiro atoms. The molecule has 1 aromatic heterocycles. The Kier molecular flexibility index (Phi) is 8.83. The summed E-state index contributed by atoms with van der Waals surface area (Å²) in [6.45, 7) is 4.59. The van der Waals surface area contributed by atoms with Gasteiger partial charge in [-0.1, -0.05) is 18.9 Å². The Morgan fingerprint density at radius 2 is 2.12 bits per heavy atom. The topological polar surface area (TPSA) is 39.7 Å². The first-order valence-electron chi connectivity index (χ1n) is 9.05. The number of piperidine rings is 1. The lowest BCUT2D eigenvalue weighted by Crippen LogP contribution is -2.46. The molecule has 0 bridgehead atoms. The fourth-order valence-corrected chi connectivity index (χ4v) is 4.53. The first-order chi connectivity index (χ1) is 11.3. The summed E-state index contributed by atoms with van der Waals surface area (Å²) in [7, 11) is 1.88. The molecule has 1 saturated heterocycles. The smallest absolute Gasteiger partial charge is 0.191 e. The van der Waals surface area contributed by atoms with Crippen LogP contribution in [0.15, 0.2) is 22.5 Å². The third-order valence-corrected chi connectivity index (χ3v) is 5.90. The number of thiophene rings is 1. The lowest BCUT2D eigenvalue weighted by Gasteiger charge is -2.33. The highest BCUT2D eigenvalue weighted by atomic mass is 127. The third-order valence-electron chi connectivity index (χ3n) is 5.04. The van der Waals surface area contributed by atoms with Crippen molar-refractivity contribution in [2.24, 2.45) is 10.9 Å². The maximum atomic E-state index is 4.40. The van der Waals surface area contributed by atoms with Crippen LogP contribution in [0.5, 0.6) is 0 Å². The van der Waals surface area contributed by atoms with Crippen molar-refractivity contribution >= 4 is 41.3 Å². The molecule has 2 fully saturated rings. The molecule has 1 aliphatic heterocycles. The summed E-state index contributed by atoms with van der Waals surface area (Å²) in [6, 6.07) is 5.03. The van der Waals surface area contributed by atoms with Crippen LogP contribution in [0.2, 0.25) is 0 Å². The highest BCUT2D eigenvalue weighted by Crippen LogP contribution is 2.20. The zero-order chi connectivity index (χ0) is 15.9. The number of halogens is 1. The van der Waals surface area contributed by atoms with E-state index in [1.165, 1.54) is 56.5 Å². The van der Waals surface area contributed by atoms with Crippen LogP contribution in [0.1, 0.15) is 43.4 Å². The van der Waals surface area contributed by atoms with Crippen LogP contribution in [-0.2, 0) is 6.54 Å². The number of nitrogens with one attached hydrogen (secondary N) is 2. The number of aliphatic imine (C=N–C) groups is 1. The number of hydrogen-bond donors (Lipinski definition) is 2. The van der Waals surface area contributed by atoms with Gasteiger partial charge in [0.05, 0.1) is 0 Å². The van der Waals surface area contributed by atoms with Gasteiger partial charge < -0.3 is 10.6 Å². The van der Waals surface area contributed by atoms with Crippen LogP contribution in [0.4, 0.5) is 0 Å². The second-order valence-corrected chi connectivity index (χ2v) is 7.93. The number of hydrogen-bond acceptors (Lipinski definition) is 3. The summed E-state index contributed by atoms with van der Waals surface area (Å²) >= 11 is 1.87. The Hall–Kier alpha value is -0.340. The SMILES string of the molecule is CN=C(NCC1CCCN(Cc2cccs2)C1)NC1CCCC1.I. The average Bonchev–Trinajstić information content (AvgIpc) is 3.25. The normalized spacial score (nSPS) is 23.0. The standard InChI is InChI=1S/C18H30N4S.HI/c1-19-18(21-16-7-2-3-8-16)20-12-15-6-4-10-22(13-15)14-17-9-5-11-23-17;/h5,9,11,15-16H,2-4,6-8,10,12-14H2,1H3,(H2,19,20,21);1H. The van der Waals surface area contributed by atoms with Crippen molar-refractivity contribution in [3.05, 3.63) is 22.4 Å². The molecule has 1 saturated carbocycles. The number of rotatable bonds is 5. The quantitative estimate of drug-likeness (QED) is 0.399. The molecule has 136 valence electrons. The molecule has 2 heterocycles. The zero-order valence-corrected chi connectivity index (χ0v) is 17.8. The third kappa shape index (κ3) is 6.19. The van der Waals surface area contributed by atoms with E-state index in [0.717, 1.165) is 25.0 Å². The van der Waals surface area contributed by atoms with Gasteiger partial charge in [0.25, 0.3) is 0 Å². The second kappa shape index (κ2) is 10.6. The zero-order valence-electron chi connectivity index (χ0n) is 14.7. The van der Waals surface area contributed by atoms with E-state index in [1.54, 1.807) is 0 Å². The van der Waals surface area contributed by atoms with E-state index in [4.69, 9.17) is 0 Å². The van der Waals surface area contributed by atoms with Gasteiger partial charge in [0, 0.05) is 37.6 Å². The van der Waals surface area contributed by atoms with Crippen molar-refractivity contribution in [3.63, 3.8) is 0 Å². The number of likely N-dealkylation sites (tertiary alicyclic amines) is 1. The van der Waals surface area contributed by atoms with Crippen molar-refractivity contribution in [2.45, 2.75) is 51.1 Å². The highest BCUT2D eigenvalue weighted by Gasteiger charge is 2.21. The molecular weight excluding hydrogens is 431 g/mol. The molecule has 2 aliphatic rings. The molecular formula is C18H31IN4S. The Balaban J connectivity index is 0.00000208. The molecule has 1 aliphatic carbocycles. The van der Waals surface area contributed by atoms with E-state index in [-0.39, 0.29) is 24.0 Å². The van der Waals surface area contributed by atoms with Gasteiger partial charge in [-0.25, -0.2) is 0 Å². The maximum absolute atomic E-state index is 4.40. The van der Waals surface area contributed by atoms with E-state index in [2.05, 4.69) is 38.0 Å². The summed E-state index contributed by atoms with van der Waals surface area (Å²) in [5.41, 5.74) is 0. The van der Waals surface area contributed by atoms with Gasteiger partial charge in [0.1, 0.15) is 0 Å². The minimum Gasteiger partial charge on any atom is -0.356 e. The average molecular weight is 462 g/mol. The number of nitrogens with zero attached hydrogens (tertiary/aromatic N) is 2. The molecule has 0 amide bonds. The van der Waals surface area contributed by atoms with Gasteiger partial charge in [-0.3, -0.25) is 9.89 Å². The maximum Gasteiger partial charge on any atom is 0.191 e. The van der Waals surface area contributed by atoms with Gasteiger partial charge in [0.15, 0.2) is 5.96 Å². The Bertz CT molecular complexity index is 485. The Morgan fingerprint density at radius 1 is 1.29 bits per heavy atom. The van der Waals surface area contributed by atoms with Crippen LogP contribution >= 0.6 is 35.3 Å². The highest BCUT2D eigenvalue weighted by molar-refractivity contribution is 14.0. The van der Waals surface area contributed by atoms with Gasteiger partial charge in [-0.15, -0.1) is 35.3 Å². The minimum atomic E-state index is 0. The van der Waals surface area contributed by atoms with Crippen molar-refractivity contribution in [1.29, 1.82) is 0 Å². The fraction of sp³-hybridized carbons (Fsp3) is 0.722. The molecule has 0 radical (unpaired) electrons. The molecule has 2 N–H and O–H groups in total. The van der Waals surface area contributed by atoms with Gasteiger partial charge in [-0.2, -0.15) is 0 Å². The number of guanidine groups is 1. The van der Waals surface area contributed by atoms with Crippen molar-refractivity contribution in [2.75, 3.05) is 26.7 Å². The molecule has 1 atom stereocenters. The molecule has 1 unspecified atom stereocenters. The van der Waals surface area contributed by atoms with Crippen molar-refractivity contribution in [3.8, 4) is 0 Å². The Morgan fingerprint density at radius 3 is 2.83 bits per heavy atom. The first-order valence-corrected chi connectivity index (χ1v) is 9.93. The van der Waals surface area contributed by atoms with Crippen LogP contribution in [0, 0.1) is 5.92 Å². The summed E-state index contributed by atoms with van der Waals surface area (Å²) in [4.78, 5) is 8.49. The lowest BCUT2D eigenvalue weighted by molar-refractivity contribution is 0.169. The van der Waals surface area contributed by atoms with Crippen LogP contribution < -0.4 is 10.6 Å². The fourth-order valence-electron chi connectivity index (χ4n) is 3.78. The summed E-state index contributed by atoms with van der Waals surface area (Å²) < 4.78 is 0. The van der Waals surface area contributed by atoms with Crippen molar-refractivity contribution < 1.29 is 0 Å². The van der Waals surface area contributed by atoms with E-state index in [1.807, 2.05) is 18.4 Å². The summed E-state index contributed by atoms with van der Waals surface area (Å²) in [5, 5.41) is 9.32. The van der Waals surface area contributed by atoms with Crippen molar-refractivity contribution in [1.82, 2.24) is 15.5 Å². The largest absolute Gasteiger partial charge is 0.356 e. The van der Waals surface area contributed by atoms with Crippen LogP contribution in [0.25, 0.3) is 0 Å². The summed E-state index contributed by atoms with van der Waals surface area (Å²) in [6.07, 6.45) is 7.93. The van der Waals surface area contributed by atoms with Gasteiger partial charge >= 0.3 is 0 Å². The molecule has 1 aromatic rings. The molecule has 6 heteroatoms. The van der Waals surface area contributed by atoms with E-state index < -0.39 is 0 Å². The lowest BCUT2D eigenvalue weighted by atomic mass is 9.98. The molecule has 3 rings (SSSR count). The van der Waals surface area contributed by atoms with Crippen LogP contribution in [0.3, 0.4) is 0 Å². The predicted molar refractivity (Wildman–Crippen MR) is 114 cm³/mol. The molecule has 24 heavy (non-hydrogen) atoms. The summed E-state index contributed by atoms with van der Waals surface area (Å²) in [5.74, 6) is 1.72. The molecule has 0 aromatic carbocycles. The van der Waals surface area contributed by atoms with E-state index >= 15 is 0 Å². The van der Waals surface area contributed by atoms with Gasteiger partial charge in [0.2, 0.25) is 0 Å². The minimum absolute atomic E-state index is 0. The predicted octanol–water partition coefficient (Wildman–Crippen LogP) is 3.69. The van der Waals surface area contributed by atoms with E-state index in [9.17, 15) is 0 Å². The van der Waals surface area contributed by atoms with Gasteiger partial charge in [-0.05, 0) is 49.6 Å². The Labute approximate surface area is 167 Å². The van der Waals surface area contributed by atoms with Crippen LogP contribution in [-0.4, -0.2) is 43.6 Å². The second-order valence-electron chi connectivity index (χ2n) is 6.90. The molecule has 4 nitrogen and oxygen atoms in total. The first kappa shape index (κ1) is 20.0. The monoisotopic (exact) mass is 462 g/mol.